The number of hydrogen-bond acceptors (Lipinski definition) is 6. The van der Waals surface area contributed by atoms with Gasteiger partial charge in [-0.05, 0) is 64.5 Å². The van der Waals surface area contributed by atoms with E-state index in [1.807, 2.05) is 115 Å². The molecule has 0 saturated carbocycles. The van der Waals surface area contributed by atoms with E-state index in [0.717, 1.165) is 16.7 Å². The predicted molar refractivity (Wildman–Crippen MR) is 184 cm³/mol. The second-order valence-corrected chi connectivity index (χ2v) is 11.4. The standard InChI is InChI=1S/C37H36ClN5O4/c38-33-16-7-5-13-28(33)21-23-40-36(45)37(22-8-12-27-10-2-1-3-11-27)34(32-15-6-4-14-30(32)26-41-43-39)47-35(42-37)29-17-19-31(20-18-29)46-25-9-24-44/h1-8,10-20,34,44H,9,21-26H2,(H,40,45)/b12-8+/t34-,37-/m1/s1. The van der Waals surface area contributed by atoms with Crippen molar-refractivity contribution in [3.8, 4) is 5.75 Å². The van der Waals surface area contributed by atoms with E-state index in [0.29, 0.717) is 53.8 Å². The van der Waals surface area contributed by atoms with E-state index in [2.05, 4.69) is 15.3 Å². The second kappa shape index (κ2) is 16.5. The molecule has 2 atom stereocenters. The number of nitrogens with zero attached hydrogens (tertiary/aromatic N) is 4. The van der Waals surface area contributed by atoms with Gasteiger partial charge in [0.15, 0.2) is 11.6 Å². The minimum absolute atomic E-state index is 0.0481. The van der Waals surface area contributed by atoms with Crippen molar-refractivity contribution in [1.82, 2.24) is 5.32 Å². The van der Waals surface area contributed by atoms with Gasteiger partial charge in [0.1, 0.15) is 5.75 Å². The lowest BCUT2D eigenvalue weighted by Crippen LogP contribution is -2.48. The van der Waals surface area contributed by atoms with Crippen LogP contribution in [0.15, 0.2) is 119 Å². The molecule has 240 valence electrons. The molecule has 1 amide bonds. The van der Waals surface area contributed by atoms with Gasteiger partial charge in [-0.3, -0.25) is 4.79 Å². The molecular formula is C37H36ClN5O4. The van der Waals surface area contributed by atoms with Gasteiger partial charge in [-0.15, -0.1) is 0 Å². The smallest absolute Gasteiger partial charge is 0.252 e. The largest absolute Gasteiger partial charge is 0.494 e. The highest BCUT2D eigenvalue weighted by Crippen LogP contribution is 2.44. The van der Waals surface area contributed by atoms with Crippen LogP contribution in [0.4, 0.5) is 0 Å². The molecule has 47 heavy (non-hydrogen) atoms. The third kappa shape index (κ3) is 8.40. The molecular weight excluding hydrogens is 614 g/mol. The monoisotopic (exact) mass is 649 g/mol. The summed E-state index contributed by atoms with van der Waals surface area (Å²) in [6, 6.07) is 32.2. The molecule has 1 aliphatic rings. The summed E-state index contributed by atoms with van der Waals surface area (Å²) < 4.78 is 12.3. The van der Waals surface area contributed by atoms with Gasteiger partial charge in [-0.1, -0.05) is 102 Å². The topological polar surface area (TPSA) is 129 Å². The summed E-state index contributed by atoms with van der Waals surface area (Å²) in [6.45, 7) is 0.866. The maximum atomic E-state index is 14.5. The van der Waals surface area contributed by atoms with Crippen LogP contribution in [0, 0.1) is 0 Å². The van der Waals surface area contributed by atoms with Crippen molar-refractivity contribution >= 4 is 29.5 Å². The van der Waals surface area contributed by atoms with Crippen molar-refractivity contribution in [2.75, 3.05) is 19.8 Å². The highest BCUT2D eigenvalue weighted by Gasteiger charge is 2.53. The van der Waals surface area contributed by atoms with Crippen LogP contribution in [0.25, 0.3) is 16.5 Å². The summed E-state index contributed by atoms with van der Waals surface area (Å²) >= 11 is 6.40. The highest BCUT2D eigenvalue weighted by atomic mass is 35.5. The zero-order chi connectivity index (χ0) is 32.9. The molecule has 0 radical (unpaired) electrons. The fourth-order valence-corrected chi connectivity index (χ4v) is 5.67. The molecule has 5 rings (SSSR count). The first-order valence-electron chi connectivity index (χ1n) is 15.5. The lowest BCUT2D eigenvalue weighted by atomic mass is 9.82. The van der Waals surface area contributed by atoms with Crippen molar-refractivity contribution in [3.63, 3.8) is 0 Å². The van der Waals surface area contributed by atoms with Crippen LogP contribution in [0.1, 0.15) is 46.8 Å². The van der Waals surface area contributed by atoms with Gasteiger partial charge in [0.25, 0.3) is 5.91 Å². The number of carbonyl (C=O) groups excluding carboxylic acids is 1. The number of amides is 1. The molecule has 0 spiro atoms. The Balaban J connectivity index is 1.54. The molecule has 4 aromatic rings. The maximum Gasteiger partial charge on any atom is 0.252 e. The fraction of sp³-hybridized carbons (Fsp3) is 0.243. The summed E-state index contributed by atoms with van der Waals surface area (Å²) in [6.07, 6.45) is 4.37. The Labute approximate surface area is 279 Å². The number of nitrogens with one attached hydrogen (secondary N) is 1. The minimum atomic E-state index is -1.40. The van der Waals surface area contributed by atoms with Crippen molar-refractivity contribution < 1.29 is 19.4 Å². The lowest BCUT2D eigenvalue weighted by Gasteiger charge is -2.31. The number of rotatable bonds is 15. The fourth-order valence-electron chi connectivity index (χ4n) is 5.44. The number of aliphatic imine (C=N–C) groups is 1. The zero-order valence-electron chi connectivity index (χ0n) is 25.8. The SMILES string of the molecule is [N-]=[N+]=NCc1ccccc1[C@H]1OC(c2ccc(OCCCO)cc2)=N[C@@]1(C/C=C/c1ccccc1)C(=O)NCCc1ccccc1Cl. The van der Waals surface area contributed by atoms with E-state index in [4.69, 9.17) is 36.7 Å². The van der Waals surface area contributed by atoms with Gasteiger partial charge in [-0.25, -0.2) is 4.99 Å². The molecule has 0 bridgehead atoms. The molecule has 9 nitrogen and oxygen atoms in total. The van der Waals surface area contributed by atoms with Gasteiger partial charge in [0.05, 0.1) is 13.2 Å². The Morgan fingerprint density at radius 3 is 2.49 bits per heavy atom. The quantitative estimate of drug-likeness (QED) is 0.0593. The highest BCUT2D eigenvalue weighted by molar-refractivity contribution is 6.31. The van der Waals surface area contributed by atoms with Crippen LogP contribution < -0.4 is 10.1 Å². The number of azide groups is 1. The second-order valence-electron chi connectivity index (χ2n) is 11.0. The summed E-state index contributed by atoms with van der Waals surface area (Å²) in [5, 5.41) is 16.7. The van der Waals surface area contributed by atoms with Gasteiger partial charge >= 0.3 is 0 Å². The van der Waals surface area contributed by atoms with Crippen LogP contribution >= 0.6 is 11.6 Å². The van der Waals surface area contributed by atoms with Crippen LogP contribution in [-0.4, -0.2) is 42.2 Å². The Kier molecular flexibility index (Phi) is 11.7. The third-order valence-corrected chi connectivity index (χ3v) is 8.22. The average molecular weight is 650 g/mol. The zero-order valence-corrected chi connectivity index (χ0v) is 26.6. The first-order valence-corrected chi connectivity index (χ1v) is 15.8. The average Bonchev–Trinajstić information content (AvgIpc) is 3.49. The summed E-state index contributed by atoms with van der Waals surface area (Å²) in [5.41, 5.74) is 11.7. The number of carbonyl (C=O) groups is 1. The van der Waals surface area contributed by atoms with Crippen LogP contribution in [-0.2, 0) is 22.5 Å². The van der Waals surface area contributed by atoms with E-state index < -0.39 is 11.6 Å². The van der Waals surface area contributed by atoms with Crippen molar-refractivity contribution in [3.05, 3.63) is 152 Å². The van der Waals surface area contributed by atoms with E-state index >= 15 is 0 Å². The number of aliphatic hydroxyl groups is 1. The molecule has 0 saturated heterocycles. The van der Waals surface area contributed by atoms with Crippen LogP contribution in [0.2, 0.25) is 5.02 Å². The number of halogens is 1. The van der Waals surface area contributed by atoms with Gasteiger partial charge < -0.3 is 19.9 Å². The molecule has 0 aliphatic carbocycles. The Morgan fingerprint density at radius 1 is 1.02 bits per heavy atom. The van der Waals surface area contributed by atoms with E-state index in [9.17, 15) is 4.79 Å². The summed E-state index contributed by atoms with van der Waals surface area (Å²) in [7, 11) is 0. The minimum Gasteiger partial charge on any atom is -0.494 e. The summed E-state index contributed by atoms with van der Waals surface area (Å²) in [4.78, 5) is 22.5. The number of aliphatic hydroxyl groups excluding tert-OH is 1. The number of hydrogen-bond donors (Lipinski definition) is 2. The molecule has 0 fully saturated rings. The van der Waals surface area contributed by atoms with Gasteiger partial charge in [-0.2, -0.15) is 0 Å². The normalized spacial score (nSPS) is 17.1. The predicted octanol–water partition coefficient (Wildman–Crippen LogP) is 7.63. The van der Waals surface area contributed by atoms with Gasteiger partial charge in [0.2, 0.25) is 5.90 Å². The number of benzene rings is 4. The molecule has 0 unspecified atom stereocenters. The van der Waals surface area contributed by atoms with E-state index in [1.165, 1.54) is 0 Å². The first-order chi connectivity index (χ1) is 23.0. The van der Waals surface area contributed by atoms with Crippen molar-refractivity contribution in [2.24, 2.45) is 10.1 Å². The van der Waals surface area contributed by atoms with E-state index in [1.54, 1.807) is 0 Å². The first kappa shape index (κ1) is 33.3. The Morgan fingerprint density at radius 2 is 1.74 bits per heavy atom. The molecule has 10 heteroatoms. The van der Waals surface area contributed by atoms with E-state index in [-0.39, 0.29) is 25.5 Å². The molecule has 2 N–H and O–H groups in total. The Bertz CT molecular complexity index is 1760. The lowest BCUT2D eigenvalue weighted by molar-refractivity contribution is -0.128. The van der Waals surface area contributed by atoms with Crippen LogP contribution in [0.5, 0.6) is 5.75 Å². The maximum absolute atomic E-state index is 14.5. The molecule has 0 aromatic heterocycles. The molecule has 1 heterocycles. The van der Waals surface area contributed by atoms with Crippen molar-refractivity contribution in [2.45, 2.75) is 37.5 Å². The third-order valence-electron chi connectivity index (χ3n) is 7.85. The summed E-state index contributed by atoms with van der Waals surface area (Å²) in [5.74, 6) is 0.654. The van der Waals surface area contributed by atoms with Crippen LogP contribution in [0.3, 0.4) is 0 Å². The molecule has 4 aromatic carbocycles. The van der Waals surface area contributed by atoms with Gasteiger partial charge in [0, 0.05) is 41.5 Å². The van der Waals surface area contributed by atoms with Crippen molar-refractivity contribution in [1.29, 1.82) is 0 Å². The number of ether oxygens (including phenoxy) is 2. The molecule has 1 aliphatic heterocycles. The Hall–Kier alpha value is -5.08.